The zero-order valence-corrected chi connectivity index (χ0v) is 11.7. The first-order chi connectivity index (χ1) is 8.82. The highest BCUT2D eigenvalue weighted by Gasteiger charge is 2.29. The molecule has 0 radical (unpaired) electrons. The summed E-state index contributed by atoms with van der Waals surface area (Å²) in [5.41, 5.74) is 5.11. The van der Waals surface area contributed by atoms with Crippen molar-refractivity contribution in [3.05, 3.63) is 0 Å². The highest BCUT2D eigenvalue weighted by atomic mass is 16.2. The van der Waals surface area contributed by atoms with Crippen LogP contribution in [0.1, 0.15) is 20.8 Å². The second-order valence-electron chi connectivity index (χ2n) is 5.04. The standard InChI is InChI=1S/C12H22N4O3/c1-8(2)14-12(19)16-6-4-15(5-7-16)11(18)9(3)10(13)17/h8-9H,4-7H2,1-3H3,(H2,13,17)(H,14,19). The highest BCUT2D eigenvalue weighted by molar-refractivity contribution is 5.99. The molecule has 0 bridgehead atoms. The summed E-state index contributed by atoms with van der Waals surface area (Å²) in [6, 6.07) is -0.0351. The molecule has 0 spiro atoms. The summed E-state index contributed by atoms with van der Waals surface area (Å²) in [4.78, 5) is 37.9. The van der Waals surface area contributed by atoms with E-state index in [0.29, 0.717) is 26.2 Å². The fraction of sp³-hybridized carbons (Fsp3) is 0.750. The molecule has 0 aromatic rings. The van der Waals surface area contributed by atoms with Crippen LogP contribution >= 0.6 is 0 Å². The lowest BCUT2D eigenvalue weighted by atomic mass is 10.1. The van der Waals surface area contributed by atoms with E-state index < -0.39 is 11.8 Å². The summed E-state index contributed by atoms with van der Waals surface area (Å²) in [5, 5.41) is 2.81. The van der Waals surface area contributed by atoms with Crippen molar-refractivity contribution in [1.82, 2.24) is 15.1 Å². The zero-order valence-electron chi connectivity index (χ0n) is 11.7. The van der Waals surface area contributed by atoms with Crippen LogP contribution in [0.2, 0.25) is 0 Å². The van der Waals surface area contributed by atoms with Crippen LogP contribution in [0.15, 0.2) is 0 Å². The van der Waals surface area contributed by atoms with Gasteiger partial charge in [-0.25, -0.2) is 4.79 Å². The first-order valence-electron chi connectivity index (χ1n) is 6.46. The Kier molecular flexibility index (Phi) is 5.14. The van der Waals surface area contributed by atoms with Gasteiger partial charge in [0.2, 0.25) is 11.8 Å². The number of nitrogens with zero attached hydrogens (tertiary/aromatic N) is 2. The molecule has 1 aliphatic rings. The van der Waals surface area contributed by atoms with Crippen molar-refractivity contribution in [3.8, 4) is 0 Å². The van der Waals surface area contributed by atoms with Crippen molar-refractivity contribution >= 4 is 17.8 Å². The van der Waals surface area contributed by atoms with Gasteiger partial charge in [0.25, 0.3) is 0 Å². The van der Waals surface area contributed by atoms with E-state index in [-0.39, 0.29) is 18.0 Å². The molecule has 0 saturated carbocycles. The van der Waals surface area contributed by atoms with Crippen molar-refractivity contribution in [2.45, 2.75) is 26.8 Å². The minimum absolute atomic E-state index is 0.0852. The van der Waals surface area contributed by atoms with Crippen molar-refractivity contribution < 1.29 is 14.4 Å². The van der Waals surface area contributed by atoms with E-state index in [1.165, 1.54) is 6.92 Å². The van der Waals surface area contributed by atoms with Crippen molar-refractivity contribution in [3.63, 3.8) is 0 Å². The normalized spacial score (nSPS) is 17.3. The van der Waals surface area contributed by atoms with Gasteiger partial charge in [0, 0.05) is 32.2 Å². The predicted octanol–water partition coefficient (Wildman–Crippen LogP) is -0.630. The molecule has 0 aromatic carbocycles. The third-order valence-corrected chi connectivity index (χ3v) is 3.09. The van der Waals surface area contributed by atoms with Gasteiger partial charge in [-0.1, -0.05) is 0 Å². The molecule has 0 aromatic heterocycles. The maximum atomic E-state index is 11.9. The number of carbonyl (C=O) groups excluding carboxylic acids is 3. The molecule has 108 valence electrons. The lowest BCUT2D eigenvalue weighted by molar-refractivity contribution is -0.141. The molecule has 1 saturated heterocycles. The van der Waals surface area contributed by atoms with E-state index in [1.807, 2.05) is 13.8 Å². The minimum Gasteiger partial charge on any atom is -0.369 e. The second kappa shape index (κ2) is 6.40. The summed E-state index contributed by atoms with van der Waals surface area (Å²) >= 11 is 0. The van der Waals surface area contributed by atoms with Crippen LogP contribution in [-0.2, 0) is 9.59 Å². The number of nitrogens with one attached hydrogen (secondary N) is 1. The first kappa shape index (κ1) is 15.3. The molecule has 1 fully saturated rings. The van der Waals surface area contributed by atoms with Crippen LogP contribution in [0.4, 0.5) is 4.79 Å². The van der Waals surface area contributed by atoms with E-state index in [1.54, 1.807) is 9.80 Å². The van der Waals surface area contributed by atoms with E-state index in [4.69, 9.17) is 5.73 Å². The van der Waals surface area contributed by atoms with Crippen LogP contribution < -0.4 is 11.1 Å². The Morgan fingerprint density at radius 2 is 1.47 bits per heavy atom. The predicted molar refractivity (Wildman–Crippen MR) is 70.2 cm³/mol. The third-order valence-electron chi connectivity index (χ3n) is 3.09. The van der Waals surface area contributed by atoms with Gasteiger partial charge in [-0.05, 0) is 20.8 Å². The molecular weight excluding hydrogens is 248 g/mol. The summed E-state index contributed by atoms with van der Waals surface area (Å²) in [6.07, 6.45) is 0. The molecule has 7 heteroatoms. The molecular formula is C12H22N4O3. The Labute approximate surface area is 113 Å². The largest absolute Gasteiger partial charge is 0.369 e. The molecule has 0 aliphatic carbocycles. The first-order valence-corrected chi connectivity index (χ1v) is 6.46. The van der Waals surface area contributed by atoms with Crippen LogP contribution in [0.25, 0.3) is 0 Å². The number of nitrogens with two attached hydrogens (primary N) is 1. The van der Waals surface area contributed by atoms with Gasteiger partial charge in [0.15, 0.2) is 0 Å². The number of hydrogen-bond donors (Lipinski definition) is 2. The summed E-state index contributed by atoms with van der Waals surface area (Å²) in [5.74, 6) is -1.70. The molecule has 4 amide bonds. The minimum atomic E-state index is -0.809. The molecule has 3 N–H and O–H groups in total. The van der Waals surface area contributed by atoms with Gasteiger partial charge in [-0.2, -0.15) is 0 Å². The lowest BCUT2D eigenvalue weighted by Gasteiger charge is -2.35. The molecule has 1 rings (SSSR count). The number of amides is 4. The Bertz CT molecular complexity index is 362. The van der Waals surface area contributed by atoms with Gasteiger partial charge in [0.1, 0.15) is 5.92 Å². The molecule has 1 aliphatic heterocycles. The van der Waals surface area contributed by atoms with Crippen LogP contribution in [0.5, 0.6) is 0 Å². The van der Waals surface area contributed by atoms with Crippen LogP contribution in [-0.4, -0.2) is 59.9 Å². The maximum absolute atomic E-state index is 11.9. The van der Waals surface area contributed by atoms with Gasteiger partial charge < -0.3 is 20.9 Å². The van der Waals surface area contributed by atoms with Gasteiger partial charge >= 0.3 is 6.03 Å². The van der Waals surface area contributed by atoms with E-state index in [2.05, 4.69) is 5.32 Å². The van der Waals surface area contributed by atoms with Crippen molar-refractivity contribution in [1.29, 1.82) is 0 Å². The molecule has 1 atom stereocenters. The molecule has 1 unspecified atom stereocenters. The topological polar surface area (TPSA) is 95.7 Å². The third kappa shape index (κ3) is 4.11. The van der Waals surface area contributed by atoms with E-state index in [9.17, 15) is 14.4 Å². The quantitative estimate of drug-likeness (QED) is 0.668. The number of carbonyl (C=O) groups is 3. The van der Waals surface area contributed by atoms with Crippen LogP contribution in [0, 0.1) is 5.92 Å². The van der Waals surface area contributed by atoms with Crippen LogP contribution in [0.3, 0.4) is 0 Å². The molecule has 1 heterocycles. The Hall–Kier alpha value is -1.79. The lowest BCUT2D eigenvalue weighted by Crippen LogP contribution is -2.55. The SMILES string of the molecule is CC(C)NC(=O)N1CCN(C(=O)C(C)C(N)=O)CC1. The number of hydrogen-bond acceptors (Lipinski definition) is 3. The van der Waals surface area contributed by atoms with Gasteiger partial charge in [-0.3, -0.25) is 9.59 Å². The smallest absolute Gasteiger partial charge is 0.317 e. The summed E-state index contributed by atoms with van der Waals surface area (Å²) in [6.45, 7) is 7.09. The number of piperazine rings is 1. The highest BCUT2D eigenvalue weighted by Crippen LogP contribution is 2.07. The van der Waals surface area contributed by atoms with E-state index >= 15 is 0 Å². The summed E-state index contributed by atoms with van der Waals surface area (Å²) < 4.78 is 0. The molecule has 19 heavy (non-hydrogen) atoms. The van der Waals surface area contributed by atoms with Crippen molar-refractivity contribution in [2.24, 2.45) is 11.7 Å². The maximum Gasteiger partial charge on any atom is 0.317 e. The fourth-order valence-corrected chi connectivity index (χ4v) is 1.86. The fourth-order valence-electron chi connectivity index (χ4n) is 1.86. The number of primary amides is 1. The summed E-state index contributed by atoms with van der Waals surface area (Å²) in [7, 11) is 0. The zero-order chi connectivity index (χ0) is 14.6. The van der Waals surface area contributed by atoms with Gasteiger partial charge in [-0.15, -0.1) is 0 Å². The molecule has 7 nitrogen and oxygen atoms in total. The number of urea groups is 1. The Morgan fingerprint density at radius 1 is 1.00 bits per heavy atom. The van der Waals surface area contributed by atoms with E-state index in [0.717, 1.165) is 0 Å². The van der Waals surface area contributed by atoms with Crippen molar-refractivity contribution in [2.75, 3.05) is 26.2 Å². The van der Waals surface area contributed by atoms with Gasteiger partial charge in [0.05, 0.1) is 0 Å². The second-order valence-corrected chi connectivity index (χ2v) is 5.04. The average Bonchev–Trinajstić information content (AvgIpc) is 2.36. The monoisotopic (exact) mass is 270 g/mol. The Balaban J connectivity index is 2.47. The average molecular weight is 270 g/mol. The Morgan fingerprint density at radius 3 is 1.89 bits per heavy atom. The number of rotatable bonds is 3.